The number of nitrogens with two attached hydrogens (primary N) is 1. The van der Waals surface area contributed by atoms with E-state index in [-0.39, 0.29) is 12.3 Å². The summed E-state index contributed by atoms with van der Waals surface area (Å²) in [7, 11) is 1.66. The van der Waals surface area contributed by atoms with Crippen molar-refractivity contribution in [3.05, 3.63) is 42.1 Å². The van der Waals surface area contributed by atoms with Crippen LogP contribution in [0.2, 0.25) is 0 Å². The summed E-state index contributed by atoms with van der Waals surface area (Å²) in [5.74, 6) is 6.96. The van der Waals surface area contributed by atoms with Crippen molar-refractivity contribution in [3.63, 3.8) is 0 Å². The van der Waals surface area contributed by atoms with Crippen molar-refractivity contribution in [2.45, 2.75) is 12.0 Å². The third-order valence-corrected chi connectivity index (χ3v) is 5.98. The number of nitrogen functional groups attached to an aromatic ring is 1. The molecule has 33 heavy (non-hydrogen) atoms. The van der Waals surface area contributed by atoms with Crippen LogP contribution in [0, 0.1) is 11.8 Å². The van der Waals surface area contributed by atoms with E-state index in [0.29, 0.717) is 42.5 Å². The Kier molecular flexibility index (Phi) is 5.32. The monoisotopic (exact) mass is 444 g/mol. The number of likely N-dealkylation sites (N-methyl/N-ethyl adjacent to an activating group) is 1. The predicted octanol–water partition coefficient (Wildman–Crippen LogP) is 1.06. The summed E-state index contributed by atoms with van der Waals surface area (Å²) in [6.07, 6.45) is 1.95. The number of ether oxygens (including phenoxy) is 1. The van der Waals surface area contributed by atoms with Crippen molar-refractivity contribution in [1.29, 1.82) is 0 Å². The lowest BCUT2D eigenvalue weighted by molar-refractivity contribution is -0.137. The number of aliphatic hydroxyl groups is 1. The van der Waals surface area contributed by atoms with Gasteiger partial charge in [-0.1, -0.05) is 24.0 Å². The van der Waals surface area contributed by atoms with Gasteiger partial charge in [-0.25, -0.2) is 15.0 Å². The van der Waals surface area contributed by atoms with Crippen molar-refractivity contribution in [2.24, 2.45) is 0 Å². The molecule has 9 heteroatoms. The van der Waals surface area contributed by atoms with Crippen LogP contribution < -0.4 is 10.6 Å². The molecule has 0 radical (unpaired) electrons. The number of amides is 1. The minimum absolute atomic E-state index is 0.290. The van der Waals surface area contributed by atoms with Crippen molar-refractivity contribution in [3.8, 4) is 23.2 Å². The van der Waals surface area contributed by atoms with Gasteiger partial charge < -0.3 is 25.4 Å². The maximum Gasteiger partial charge on any atom is 0.267 e. The van der Waals surface area contributed by atoms with Gasteiger partial charge in [-0.2, -0.15) is 0 Å². The number of rotatable bonds is 2. The highest BCUT2D eigenvalue weighted by Crippen LogP contribution is 2.30. The van der Waals surface area contributed by atoms with Crippen molar-refractivity contribution in [2.75, 3.05) is 50.5 Å². The van der Waals surface area contributed by atoms with Crippen LogP contribution in [0.5, 0.6) is 0 Å². The first-order valence-electron chi connectivity index (χ1n) is 10.8. The van der Waals surface area contributed by atoms with Gasteiger partial charge in [-0.15, -0.1) is 0 Å². The highest BCUT2D eigenvalue weighted by molar-refractivity contribution is 5.96. The molecule has 168 valence electrons. The molecule has 2 aliphatic rings. The number of anilines is 2. The number of nitrogens with zero attached hydrogens (tertiary/aromatic N) is 5. The van der Waals surface area contributed by atoms with E-state index in [9.17, 15) is 9.90 Å². The van der Waals surface area contributed by atoms with E-state index in [1.165, 1.54) is 4.90 Å². The number of aromatic nitrogens is 3. The Hall–Kier alpha value is -3.74. The number of carbonyl (C=O) groups is 1. The molecule has 3 N–H and O–H groups in total. The molecule has 9 nitrogen and oxygen atoms in total. The summed E-state index contributed by atoms with van der Waals surface area (Å²) in [4.78, 5) is 29.6. The Morgan fingerprint density at radius 3 is 2.76 bits per heavy atom. The van der Waals surface area contributed by atoms with E-state index in [2.05, 4.69) is 21.7 Å². The second-order valence-electron chi connectivity index (χ2n) is 8.23. The molecule has 0 saturated carbocycles. The molecule has 2 aromatic heterocycles. The van der Waals surface area contributed by atoms with Crippen LogP contribution in [0.1, 0.15) is 12.0 Å². The van der Waals surface area contributed by atoms with Gasteiger partial charge in [0.1, 0.15) is 17.2 Å². The van der Waals surface area contributed by atoms with Gasteiger partial charge in [-0.3, -0.25) is 4.79 Å². The van der Waals surface area contributed by atoms with Crippen molar-refractivity contribution in [1.82, 2.24) is 19.9 Å². The standard InChI is InChI=1S/C24H24N6O3/c1-29-10-8-24(32,23(29)31)7-5-16-3-2-4-17(15-16)21-27-19-18(6-9-26-20(19)25)22(28-21)30-11-13-33-14-12-30/h2-4,6,9,15,32H,8,10-14H2,1H3,(H2,25,26). The largest absolute Gasteiger partial charge is 0.382 e. The molecule has 0 bridgehead atoms. The van der Waals surface area contributed by atoms with Gasteiger partial charge in [0.15, 0.2) is 5.82 Å². The fourth-order valence-electron chi connectivity index (χ4n) is 4.09. The molecule has 4 heterocycles. The number of carbonyl (C=O) groups excluding carboxylic acids is 1. The SMILES string of the molecule is CN1CCC(O)(C#Cc2cccc(-c3nc(N4CCOCC4)c4ccnc(N)c4n3)c2)C1=O. The Labute approximate surface area is 191 Å². The minimum Gasteiger partial charge on any atom is -0.382 e. The third-order valence-electron chi connectivity index (χ3n) is 5.98. The Balaban J connectivity index is 1.56. The molecule has 0 spiro atoms. The zero-order valence-corrected chi connectivity index (χ0v) is 18.3. The summed E-state index contributed by atoms with van der Waals surface area (Å²) in [6.45, 7) is 3.18. The van der Waals surface area contributed by atoms with Gasteiger partial charge in [0.25, 0.3) is 5.91 Å². The van der Waals surface area contributed by atoms with Crippen LogP contribution in [-0.2, 0) is 9.53 Å². The number of fused-ring (bicyclic) bond motifs is 1. The summed E-state index contributed by atoms with van der Waals surface area (Å²) in [5.41, 5.74) is 6.51. The van der Waals surface area contributed by atoms with Gasteiger partial charge >= 0.3 is 0 Å². The van der Waals surface area contributed by atoms with Crippen LogP contribution >= 0.6 is 0 Å². The molecule has 1 aromatic carbocycles. The van der Waals surface area contributed by atoms with E-state index in [4.69, 9.17) is 20.4 Å². The topological polar surface area (TPSA) is 118 Å². The smallest absolute Gasteiger partial charge is 0.267 e. The maximum atomic E-state index is 12.2. The molecule has 1 amide bonds. The molecule has 3 aromatic rings. The second kappa shape index (κ2) is 8.31. The number of morpholine rings is 1. The third kappa shape index (κ3) is 3.95. The predicted molar refractivity (Wildman–Crippen MR) is 124 cm³/mol. The first-order chi connectivity index (χ1) is 15.9. The number of hydrogen-bond acceptors (Lipinski definition) is 8. The van der Waals surface area contributed by atoms with Gasteiger partial charge in [0.05, 0.1) is 13.2 Å². The minimum atomic E-state index is -1.65. The average Bonchev–Trinajstić information content (AvgIpc) is 3.11. The lowest BCUT2D eigenvalue weighted by Crippen LogP contribution is -2.37. The van der Waals surface area contributed by atoms with E-state index in [0.717, 1.165) is 29.9 Å². The Morgan fingerprint density at radius 1 is 1.18 bits per heavy atom. The normalized spacial score (nSPS) is 20.7. The van der Waals surface area contributed by atoms with E-state index < -0.39 is 5.60 Å². The summed E-state index contributed by atoms with van der Waals surface area (Å²) in [5, 5.41) is 11.4. The van der Waals surface area contributed by atoms with Crippen LogP contribution in [0.4, 0.5) is 11.6 Å². The summed E-state index contributed by atoms with van der Waals surface area (Å²) < 4.78 is 5.49. The number of hydrogen-bond donors (Lipinski definition) is 2. The average molecular weight is 444 g/mol. The molecule has 0 aliphatic carbocycles. The highest BCUT2D eigenvalue weighted by atomic mass is 16.5. The van der Waals surface area contributed by atoms with Crippen LogP contribution in [0.15, 0.2) is 36.5 Å². The summed E-state index contributed by atoms with van der Waals surface area (Å²) in [6, 6.07) is 9.28. The highest BCUT2D eigenvalue weighted by Gasteiger charge is 2.42. The fourth-order valence-corrected chi connectivity index (χ4v) is 4.09. The van der Waals surface area contributed by atoms with E-state index in [1.54, 1.807) is 13.2 Å². The molecule has 2 aliphatic heterocycles. The van der Waals surface area contributed by atoms with Gasteiger partial charge in [-0.05, 0) is 18.2 Å². The zero-order chi connectivity index (χ0) is 23.0. The summed E-state index contributed by atoms with van der Waals surface area (Å²) >= 11 is 0. The Morgan fingerprint density at radius 2 is 2.00 bits per heavy atom. The van der Waals surface area contributed by atoms with Crippen molar-refractivity contribution >= 4 is 28.4 Å². The molecular formula is C24H24N6O3. The lowest BCUT2D eigenvalue weighted by atomic mass is 10.0. The second-order valence-corrected chi connectivity index (χ2v) is 8.23. The number of pyridine rings is 1. The maximum absolute atomic E-state index is 12.2. The van der Waals surface area contributed by atoms with E-state index >= 15 is 0 Å². The van der Waals surface area contributed by atoms with Crippen LogP contribution in [0.25, 0.3) is 22.3 Å². The molecule has 5 rings (SSSR count). The molecule has 2 fully saturated rings. The lowest BCUT2D eigenvalue weighted by Gasteiger charge is -2.29. The number of benzene rings is 1. The molecule has 1 unspecified atom stereocenters. The quantitative estimate of drug-likeness (QED) is 0.564. The fraction of sp³-hybridized carbons (Fsp3) is 0.333. The van der Waals surface area contributed by atoms with E-state index in [1.807, 2.05) is 30.3 Å². The zero-order valence-electron chi connectivity index (χ0n) is 18.3. The van der Waals surface area contributed by atoms with Gasteiger partial charge in [0, 0.05) is 55.8 Å². The van der Waals surface area contributed by atoms with Gasteiger partial charge in [0.2, 0.25) is 5.60 Å². The molecule has 1 atom stereocenters. The first-order valence-corrected chi connectivity index (χ1v) is 10.8. The number of likely N-dealkylation sites (tertiary alicyclic amines) is 1. The Bertz CT molecular complexity index is 1290. The molecule has 2 saturated heterocycles. The van der Waals surface area contributed by atoms with Crippen LogP contribution in [0.3, 0.4) is 0 Å². The van der Waals surface area contributed by atoms with Crippen molar-refractivity contribution < 1.29 is 14.6 Å². The first kappa shape index (κ1) is 21.1. The van der Waals surface area contributed by atoms with Crippen LogP contribution in [-0.4, -0.2) is 76.4 Å². The molecular weight excluding hydrogens is 420 g/mol.